The molecule has 2 saturated heterocycles. The lowest BCUT2D eigenvalue weighted by Gasteiger charge is -2.63. The van der Waals surface area contributed by atoms with E-state index in [2.05, 4.69) is 0 Å². The maximum atomic E-state index is 12.4. The smallest absolute Gasteiger partial charge is 0.342 e. The Morgan fingerprint density at radius 2 is 1.87 bits per heavy atom. The van der Waals surface area contributed by atoms with E-state index >= 15 is 0 Å². The molecule has 0 aromatic carbocycles. The minimum atomic E-state index is -2.24. The minimum absolute atomic E-state index is 0.176. The van der Waals surface area contributed by atoms with Crippen LogP contribution in [0.1, 0.15) is 26.7 Å². The van der Waals surface area contributed by atoms with Crippen LogP contribution in [0.5, 0.6) is 0 Å². The van der Waals surface area contributed by atoms with Gasteiger partial charge in [0.05, 0.1) is 16.4 Å². The van der Waals surface area contributed by atoms with E-state index in [1.807, 2.05) is 0 Å². The number of esters is 2. The molecule has 4 aliphatic rings. The van der Waals surface area contributed by atoms with Crippen LogP contribution in [0.3, 0.4) is 0 Å². The fraction of sp³-hybridized carbons (Fsp3) is 0.800. The number of cyclic esters (lactones) is 1. The van der Waals surface area contributed by atoms with E-state index in [-0.39, 0.29) is 25.2 Å². The Morgan fingerprint density at radius 1 is 1.22 bits per heavy atom. The van der Waals surface area contributed by atoms with Crippen LogP contribution >= 0.6 is 0 Å². The highest BCUT2D eigenvalue weighted by atomic mass is 16.6. The number of rotatable bonds is 0. The van der Waals surface area contributed by atoms with Gasteiger partial charge in [-0.25, -0.2) is 9.59 Å². The summed E-state index contributed by atoms with van der Waals surface area (Å²) in [5, 5.41) is 33.0. The van der Waals surface area contributed by atoms with Crippen LogP contribution in [0.25, 0.3) is 0 Å². The highest BCUT2D eigenvalue weighted by molar-refractivity contribution is 5.93. The lowest BCUT2D eigenvalue weighted by molar-refractivity contribution is -0.320. The molecule has 0 aromatic rings. The first-order valence-corrected chi connectivity index (χ1v) is 7.59. The monoisotopic (exact) mass is 326 g/mol. The van der Waals surface area contributed by atoms with Gasteiger partial charge < -0.3 is 24.8 Å². The summed E-state index contributed by atoms with van der Waals surface area (Å²) >= 11 is 0. The van der Waals surface area contributed by atoms with Crippen molar-refractivity contribution in [2.24, 2.45) is 16.7 Å². The SMILES string of the molecule is CC1C(=O)CC2(O)C13CC(OC(=O)C3O)C1(O)C(=O)OCC12C. The van der Waals surface area contributed by atoms with Gasteiger partial charge in [-0.05, 0) is 6.92 Å². The number of hydrogen-bond acceptors (Lipinski definition) is 8. The summed E-state index contributed by atoms with van der Waals surface area (Å²) < 4.78 is 10.1. The summed E-state index contributed by atoms with van der Waals surface area (Å²) in [5.41, 5.74) is -7.26. The van der Waals surface area contributed by atoms with E-state index in [9.17, 15) is 29.7 Å². The third-order valence-corrected chi connectivity index (χ3v) is 6.97. The highest BCUT2D eigenvalue weighted by Crippen LogP contribution is 2.70. The number of aliphatic hydroxyl groups is 3. The van der Waals surface area contributed by atoms with Gasteiger partial charge in [0.15, 0.2) is 6.10 Å². The molecule has 1 spiro atoms. The Balaban J connectivity index is 2.04. The molecule has 2 aliphatic carbocycles. The number of hydrogen-bond donors (Lipinski definition) is 3. The van der Waals surface area contributed by atoms with Crippen LogP contribution in [0.2, 0.25) is 0 Å². The Hall–Kier alpha value is -1.51. The summed E-state index contributed by atoms with van der Waals surface area (Å²) in [6, 6.07) is 0. The third kappa shape index (κ3) is 1.17. The number of carbonyl (C=O) groups excluding carboxylic acids is 3. The Labute approximate surface area is 131 Å². The average Bonchev–Trinajstić information content (AvgIpc) is 2.85. The summed E-state index contributed by atoms with van der Waals surface area (Å²) in [7, 11) is 0. The van der Waals surface area contributed by atoms with Gasteiger partial charge in [0.1, 0.15) is 18.5 Å². The van der Waals surface area contributed by atoms with E-state index in [0.717, 1.165) is 0 Å². The fourth-order valence-electron chi connectivity index (χ4n) is 5.42. The van der Waals surface area contributed by atoms with Gasteiger partial charge in [0, 0.05) is 18.8 Å². The van der Waals surface area contributed by atoms with Crippen molar-refractivity contribution in [3.63, 3.8) is 0 Å². The topological polar surface area (TPSA) is 130 Å². The van der Waals surface area contributed by atoms with Crippen molar-refractivity contribution in [3.8, 4) is 0 Å². The predicted molar refractivity (Wildman–Crippen MR) is 70.7 cm³/mol. The van der Waals surface area contributed by atoms with Crippen LogP contribution in [-0.2, 0) is 23.9 Å². The molecule has 4 rings (SSSR count). The summed E-state index contributed by atoms with van der Waals surface area (Å²) in [5.74, 6) is -3.17. The molecular weight excluding hydrogens is 308 g/mol. The van der Waals surface area contributed by atoms with E-state index in [1.54, 1.807) is 6.92 Å². The van der Waals surface area contributed by atoms with Crippen molar-refractivity contribution < 1.29 is 39.2 Å². The molecule has 2 bridgehead atoms. The van der Waals surface area contributed by atoms with Crippen LogP contribution in [0.4, 0.5) is 0 Å². The Kier molecular flexibility index (Phi) is 2.46. The van der Waals surface area contributed by atoms with Crippen LogP contribution in [0.15, 0.2) is 0 Å². The zero-order valence-corrected chi connectivity index (χ0v) is 12.7. The number of carbonyl (C=O) groups is 3. The lowest BCUT2D eigenvalue weighted by atomic mass is 9.44. The number of ether oxygens (including phenoxy) is 2. The van der Waals surface area contributed by atoms with Crippen molar-refractivity contribution in [2.45, 2.75) is 50.1 Å². The summed E-state index contributed by atoms with van der Waals surface area (Å²) in [6.45, 7) is 2.67. The molecule has 8 nitrogen and oxygen atoms in total. The van der Waals surface area contributed by atoms with Gasteiger partial charge >= 0.3 is 11.9 Å². The Bertz CT molecular complexity index is 660. The van der Waals surface area contributed by atoms with Crippen molar-refractivity contribution >= 4 is 17.7 Å². The summed E-state index contributed by atoms with van der Waals surface area (Å²) in [6.07, 6.45) is -3.51. The number of Topliss-reactive ketones (excluding diaryl/α,β-unsaturated/α-hetero) is 1. The molecular formula is C15H18O8. The predicted octanol–water partition coefficient (Wildman–Crippen LogP) is -1.70. The summed E-state index contributed by atoms with van der Waals surface area (Å²) in [4.78, 5) is 36.7. The minimum Gasteiger partial charge on any atom is -0.463 e. The fourth-order valence-corrected chi connectivity index (χ4v) is 5.42. The number of ketones is 1. The van der Waals surface area contributed by atoms with E-state index in [0.29, 0.717) is 0 Å². The number of aliphatic hydroxyl groups excluding tert-OH is 1. The van der Waals surface area contributed by atoms with Crippen molar-refractivity contribution in [1.82, 2.24) is 0 Å². The Morgan fingerprint density at radius 3 is 2.52 bits per heavy atom. The van der Waals surface area contributed by atoms with Crippen LogP contribution in [-0.4, -0.2) is 63.1 Å². The lowest BCUT2D eigenvalue weighted by Crippen LogP contribution is -2.80. The van der Waals surface area contributed by atoms with Crippen molar-refractivity contribution in [3.05, 3.63) is 0 Å². The molecule has 0 aromatic heterocycles. The highest BCUT2D eigenvalue weighted by Gasteiger charge is 2.87. The maximum absolute atomic E-state index is 12.4. The van der Waals surface area contributed by atoms with E-state index in [4.69, 9.17) is 9.47 Å². The van der Waals surface area contributed by atoms with Gasteiger partial charge in [-0.1, -0.05) is 6.92 Å². The molecule has 8 heteroatoms. The molecule has 4 fully saturated rings. The van der Waals surface area contributed by atoms with Crippen molar-refractivity contribution in [1.29, 1.82) is 0 Å². The molecule has 23 heavy (non-hydrogen) atoms. The molecule has 7 atom stereocenters. The van der Waals surface area contributed by atoms with Crippen LogP contribution in [0, 0.1) is 16.7 Å². The maximum Gasteiger partial charge on any atom is 0.342 e. The molecule has 0 amide bonds. The zero-order chi connectivity index (χ0) is 17.0. The largest absolute Gasteiger partial charge is 0.463 e. The van der Waals surface area contributed by atoms with E-state index < -0.39 is 52.1 Å². The van der Waals surface area contributed by atoms with E-state index in [1.165, 1.54) is 6.92 Å². The normalized spacial score (nSPS) is 57.6. The standard InChI is InChI=1S/C15H18O8/c1-6-7(16)3-14(20)12(2)5-22-11(19)15(12,21)8-4-13(6,14)9(17)10(18)23-8/h6,8-9,17,20-21H,3-5H2,1-2H3. The molecule has 7 unspecified atom stereocenters. The second-order valence-electron chi connectivity index (χ2n) is 7.47. The van der Waals surface area contributed by atoms with Gasteiger partial charge in [-0.15, -0.1) is 0 Å². The van der Waals surface area contributed by atoms with Gasteiger partial charge in [-0.2, -0.15) is 0 Å². The second-order valence-corrected chi connectivity index (χ2v) is 7.47. The first-order chi connectivity index (χ1) is 10.6. The zero-order valence-electron chi connectivity index (χ0n) is 12.7. The molecule has 3 N–H and O–H groups in total. The quantitative estimate of drug-likeness (QED) is 0.449. The van der Waals surface area contributed by atoms with Gasteiger partial charge in [0.25, 0.3) is 0 Å². The molecule has 0 radical (unpaired) electrons. The first kappa shape index (κ1) is 15.0. The molecule has 126 valence electrons. The number of fused-ring (bicyclic) bond motifs is 4. The average molecular weight is 326 g/mol. The van der Waals surface area contributed by atoms with Gasteiger partial charge in [0.2, 0.25) is 5.60 Å². The molecule has 2 saturated carbocycles. The molecule has 2 aliphatic heterocycles. The van der Waals surface area contributed by atoms with Crippen molar-refractivity contribution in [2.75, 3.05) is 6.61 Å². The third-order valence-electron chi connectivity index (χ3n) is 6.97. The van der Waals surface area contributed by atoms with Crippen LogP contribution < -0.4 is 0 Å². The second kappa shape index (κ2) is 3.76. The van der Waals surface area contributed by atoms with Gasteiger partial charge in [-0.3, -0.25) is 4.79 Å². The first-order valence-electron chi connectivity index (χ1n) is 7.59. The molecule has 2 heterocycles.